The van der Waals surface area contributed by atoms with Crippen molar-refractivity contribution < 1.29 is 4.79 Å². The Hall–Kier alpha value is -1.35. The van der Waals surface area contributed by atoms with E-state index in [1.165, 1.54) is 5.56 Å². The van der Waals surface area contributed by atoms with Crippen LogP contribution in [0.5, 0.6) is 0 Å². The molecule has 1 amide bonds. The second kappa shape index (κ2) is 4.94. The van der Waals surface area contributed by atoms with Crippen LogP contribution in [0.3, 0.4) is 0 Å². The Morgan fingerprint density at radius 3 is 2.33 bits per heavy atom. The van der Waals surface area contributed by atoms with Gasteiger partial charge in [-0.15, -0.1) is 0 Å². The van der Waals surface area contributed by atoms with E-state index in [2.05, 4.69) is 6.92 Å². The summed E-state index contributed by atoms with van der Waals surface area (Å²) in [6.07, 6.45) is 1.01. The smallest absolute Gasteiger partial charge is 0.243 e. The molecule has 0 aliphatic carbocycles. The summed E-state index contributed by atoms with van der Waals surface area (Å²) in [6, 6.07) is 7.49. The van der Waals surface area contributed by atoms with Crippen LogP contribution in [-0.2, 0) is 11.2 Å². The lowest BCUT2D eigenvalue weighted by molar-refractivity contribution is -0.119. The summed E-state index contributed by atoms with van der Waals surface area (Å²) in [4.78, 5) is 13.2. The molecule has 0 bridgehead atoms. The number of carbonyl (C=O) groups is 1. The minimum Gasteiger partial charge on any atom is -0.320 e. The molecule has 15 heavy (non-hydrogen) atoms. The number of carbonyl (C=O) groups excluding carboxylic acids is 1. The molecule has 0 aliphatic rings. The zero-order valence-electron chi connectivity index (χ0n) is 9.53. The second-order valence-corrected chi connectivity index (χ2v) is 3.71. The molecular weight excluding hydrogens is 188 g/mol. The molecule has 1 atom stereocenters. The third kappa shape index (κ3) is 2.80. The van der Waals surface area contributed by atoms with Gasteiger partial charge >= 0.3 is 0 Å². The maximum absolute atomic E-state index is 11.6. The number of benzene rings is 1. The Balaban J connectivity index is 2.82. The quantitative estimate of drug-likeness (QED) is 0.815. The first kappa shape index (κ1) is 11.7. The number of hydrogen-bond donors (Lipinski definition) is 1. The van der Waals surface area contributed by atoms with Crippen molar-refractivity contribution in [3.05, 3.63) is 29.8 Å². The average molecular weight is 206 g/mol. The highest BCUT2D eigenvalue weighted by Crippen LogP contribution is 2.14. The number of rotatable bonds is 3. The van der Waals surface area contributed by atoms with E-state index in [1.54, 1.807) is 18.9 Å². The lowest BCUT2D eigenvalue weighted by Crippen LogP contribution is -2.39. The molecular formula is C12H18N2O. The van der Waals surface area contributed by atoms with Crippen molar-refractivity contribution in [3.63, 3.8) is 0 Å². The molecule has 0 heterocycles. The van der Waals surface area contributed by atoms with Gasteiger partial charge in [0.05, 0.1) is 6.04 Å². The predicted octanol–water partition coefficient (Wildman–Crippen LogP) is 1.56. The van der Waals surface area contributed by atoms with Crippen LogP contribution in [0.2, 0.25) is 0 Å². The van der Waals surface area contributed by atoms with Gasteiger partial charge in [-0.05, 0) is 31.0 Å². The van der Waals surface area contributed by atoms with Crippen molar-refractivity contribution in [2.75, 3.05) is 11.9 Å². The molecule has 1 aromatic rings. The van der Waals surface area contributed by atoms with Gasteiger partial charge in [0.1, 0.15) is 0 Å². The number of likely N-dealkylation sites (N-methyl/N-ethyl adjacent to an activating group) is 1. The summed E-state index contributed by atoms with van der Waals surface area (Å²) in [6.45, 7) is 3.80. The highest BCUT2D eigenvalue weighted by atomic mass is 16.2. The van der Waals surface area contributed by atoms with Crippen LogP contribution in [0.25, 0.3) is 0 Å². The van der Waals surface area contributed by atoms with E-state index in [4.69, 9.17) is 5.73 Å². The van der Waals surface area contributed by atoms with Crippen molar-refractivity contribution in [3.8, 4) is 0 Å². The molecule has 0 saturated carbocycles. The lowest BCUT2D eigenvalue weighted by Gasteiger charge is -2.19. The monoisotopic (exact) mass is 206 g/mol. The van der Waals surface area contributed by atoms with E-state index in [-0.39, 0.29) is 5.91 Å². The van der Waals surface area contributed by atoms with Gasteiger partial charge in [0.15, 0.2) is 0 Å². The van der Waals surface area contributed by atoms with Crippen LogP contribution in [0.1, 0.15) is 19.4 Å². The second-order valence-electron chi connectivity index (χ2n) is 3.71. The Morgan fingerprint density at radius 1 is 1.40 bits per heavy atom. The molecule has 1 rings (SSSR count). The maximum atomic E-state index is 11.6. The number of anilines is 1. The van der Waals surface area contributed by atoms with E-state index >= 15 is 0 Å². The van der Waals surface area contributed by atoms with Gasteiger partial charge in [0.2, 0.25) is 5.91 Å². The topological polar surface area (TPSA) is 46.3 Å². The minimum absolute atomic E-state index is 0.0701. The predicted molar refractivity (Wildman–Crippen MR) is 62.9 cm³/mol. The zero-order chi connectivity index (χ0) is 11.4. The fraction of sp³-hybridized carbons (Fsp3) is 0.417. The maximum Gasteiger partial charge on any atom is 0.243 e. The highest BCUT2D eigenvalue weighted by molar-refractivity contribution is 5.96. The van der Waals surface area contributed by atoms with Gasteiger partial charge in [0.25, 0.3) is 0 Å². The lowest BCUT2D eigenvalue weighted by atomic mass is 10.1. The molecule has 2 N–H and O–H groups in total. The molecule has 0 fully saturated rings. The molecule has 3 heteroatoms. The third-order valence-corrected chi connectivity index (χ3v) is 2.45. The molecule has 0 aromatic heterocycles. The van der Waals surface area contributed by atoms with Crippen molar-refractivity contribution in [1.82, 2.24) is 0 Å². The summed E-state index contributed by atoms with van der Waals surface area (Å²) < 4.78 is 0. The first-order valence-electron chi connectivity index (χ1n) is 5.18. The number of nitrogens with zero attached hydrogens (tertiary/aromatic N) is 1. The summed E-state index contributed by atoms with van der Waals surface area (Å²) in [5, 5.41) is 0. The number of amides is 1. The molecule has 0 radical (unpaired) electrons. The SMILES string of the molecule is CCc1ccc(N(C)C(=O)C(C)N)cc1. The van der Waals surface area contributed by atoms with Crippen molar-refractivity contribution >= 4 is 11.6 Å². The first-order chi connectivity index (χ1) is 7.06. The van der Waals surface area contributed by atoms with E-state index in [9.17, 15) is 4.79 Å². The Kier molecular flexibility index (Phi) is 3.86. The minimum atomic E-state index is -0.458. The summed E-state index contributed by atoms with van der Waals surface area (Å²) in [5.41, 5.74) is 7.69. The van der Waals surface area contributed by atoms with Crippen LogP contribution in [-0.4, -0.2) is 19.0 Å². The number of aryl methyl sites for hydroxylation is 1. The van der Waals surface area contributed by atoms with Gasteiger partial charge in [-0.3, -0.25) is 4.79 Å². The Morgan fingerprint density at radius 2 is 1.93 bits per heavy atom. The van der Waals surface area contributed by atoms with Gasteiger partial charge in [0, 0.05) is 12.7 Å². The number of nitrogens with two attached hydrogens (primary N) is 1. The molecule has 82 valence electrons. The molecule has 0 spiro atoms. The van der Waals surface area contributed by atoms with Crippen LogP contribution in [0.4, 0.5) is 5.69 Å². The summed E-state index contributed by atoms with van der Waals surface area (Å²) in [7, 11) is 1.74. The van der Waals surface area contributed by atoms with Gasteiger partial charge in [-0.25, -0.2) is 0 Å². The summed E-state index contributed by atoms with van der Waals surface area (Å²) >= 11 is 0. The van der Waals surface area contributed by atoms with E-state index in [0.717, 1.165) is 12.1 Å². The molecule has 1 unspecified atom stereocenters. The van der Waals surface area contributed by atoms with E-state index in [1.807, 2.05) is 24.3 Å². The van der Waals surface area contributed by atoms with Crippen LogP contribution < -0.4 is 10.6 Å². The Labute approximate surface area is 90.9 Å². The molecule has 1 aromatic carbocycles. The fourth-order valence-corrected chi connectivity index (χ4v) is 1.39. The molecule has 0 saturated heterocycles. The Bertz CT molecular complexity index is 330. The van der Waals surface area contributed by atoms with E-state index in [0.29, 0.717) is 0 Å². The zero-order valence-corrected chi connectivity index (χ0v) is 9.53. The van der Waals surface area contributed by atoms with Gasteiger partial charge in [-0.2, -0.15) is 0 Å². The molecule has 0 aliphatic heterocycles. The third-order valence-electron chi connectivity index (χ3n) is 2.45. The standard InChI is InChI=1S/C12H18N2O/c1-4-10-5-7-11(8-6-10)14(3)12(15)9(2)13/h5-9H,4,13H2,1-3H3. The van der Waals surface area contributed by atoms with Crippen molar-refractivity contribution in [1.29, 1.82) is 0 Å². The van der Waals surface area contributed by atoms with Gasteiger partial charge < -0.3 is 10.6 Å². The highest BCUT2D eigenvalue weighted by Gasteiger charge is 2.14. The van der Waals surface area contributed by atoms with Crippen LogP contribution in [0, 0.1) is 0 Å². The largest absolute Gasteiger partial charge is 0.320 e. The van der Waals surface area contributed by atoms with Crippen molar-refractivity contribution in [2.24, 2.45) is 5.73 Å². The van der Waals surface area contributed by atoms with E-state index < -0.39 is 6.04 Å². The average Bonchev–Trinajstić information content (AvgIpc) is 2.27. The molecule has 3 nitrogen and oxygen atoms in total. The van der Waals surface area contributed by atoms with Gasteiger partial charge in [-0.1, -0.05) is 19.1 Å². The first-order valence-corrected chi connectivity index (χ1v) is 5.18. The normalized spacial score (nSPS) is 12.3. The fourth-order valence-electron chi connectivity index (χ4n) is 1.39. The van der Waals surface area contributed by atoms with Crippen LogP contribution >= 0.6 is 0 Å². The number of hydrogen-bond acceptors (Lipinski definition) is 2. The summed E-state index contributed by atoms with van der Waals surface area (Å²) in [5.74, 6) is -0.0701. The van der Waals surface area contributed by atoms with Crippen molar-refractivity contribution in [2.45, 2.75) is 26.3 Å². The van der Waals surface area contributed by atoms with Crippen LogP contribution in [0.15, 0.2) is 24.3 Å².